The van der Waals surface area contributed by atoms with Gasteiger partial charge >= 0.3 is 11.9 Å². The number of esters is 2. The highest BCUT2D eigenvalue weighted by Crippen LogP contribution is 2.33. The van der Waals surface area contributed by atoms with Crippen LogP contribution >= 0.6 is 0 Å². The van der Waals surface area contributed by atoms with E-state index < -0.39 is 18.3 Å². The van der Waals surface area contributed by atoms with Crippen molar-refractivity contribution in [2.24, 2.45) is 17.8 Å². The molecule has 1 aliphatic rings. The van der Waals surface area contributed by atoms with Crippen LogP contribution in [0.5, 0.6) is 0 Å². The number of carbonyl (C=O) groups is 2. The van der Waals surface area contributed by atoms with Crippen molar-refractivity contribution in [2.75, 3.05) is 6.61 Å². The van der Waals surface area contributed by atoms with E-state index in [1.165, 1.54) is 0 Å². The molecule has 0 spiro atoms. The van der Waals surface area contributed by atoms with Crippen LogP contribution in [0.1, 0.15) is 59.8 Å². The molecule has 0 aromatic carbocycles. The summed E-state index contributed by atoms with van der Waals surface area (Å²) in [4.78, 5) is 23.8. The summed E-state index contributed by atoms with van der Waals surface area (Å²) in [5.74, 6) is -0.894. The zero-order valence-corrected chi connectivity index (χ0v) is 15.2. The van der Waals surface area contributed by atoms with E-state index in [4.69, 9.17) is 9.47 Å². The third-order valence-corrected chi connectivity index (χ3v) is 5.16. The lowest BCUT2D eigenvalue weighted by Gasteiger charge is -2.23. The summed E-state index contributed by atoms with van der Waals surface area (Å²) in [7, 11) is 0. The minimum Gasteiger partial charge on any atom is -0.463 e. The first-order valence-electron chi connectivity index (χ1n) is 9.12. The predicted molar refractivity (Wildman–Crippen MR) is 89.1 cm³/mol. The minimum absolute atomic E-state index is 0.196. The van der Waals surface area contributed by atoms with Gasteiger partial charge in [-0.15, -0.1) is 0 Å². The van der Waals surface area contributed by atoms with Gasteiger partial charge in [0, 0.05) is 6.42 Å². The Morgan fingerprint density at radius 2 is 1.75 bits per heavy atom. The second kappa shape index (κ2) is 9.99. The van der Waals surface area contributed by atoms with Crippen molar-refractivity contribution >= 4 is 11.9 Å². The summed E-state index contributed by atoms with van der Waals surface area (Å²) in [6.07, 6.45) is 0.221. The summed E-state index contributed by atoms with van der Waals surface area (Å²) in [5.41, 5.74) is 0. The SMILES string of the molecule is CCC(CC)C(=O)OCC(O)C(O)C1CC(C(CC)CC)C(=O)O1. The van der Waals surface area contributed by atoms with Gasteiger partial charge in [-0.2, -0.15) is 0 Å². The Kier molecular flexibility index (Phi) is 8.70. The highest BCUT2D eigenvalue weighted by atomic mass is 16.6. The van der Waals surface area contributed by atoms with Crippen molar-refractivity contribution in [1.29, 1.82) is 0 Å². The maximum atomic E-state index is 12.0. The van der Waals surface area contributed by atoms with Crippen LogP contribution in [0.3, 0.4) is 0 Å². The lowest BCUT2D eigenvalue weighted by Crippen LogP contribution is -2.41. The zero-order chi connectivity index (χ0) is 18.3. The highest BCUT2D eigenvalue weighted by molar-refractivity contribution is 5.75. The normalized spacial score (nSPS) is 23.4. The number of carbonyl (C=O) groups excluding carboxylic acids is 2. The van der Waals surface area contributed by atoms with E-state index in [0.29, 0.717) is 19.3 Å². The molecular weight excluding hydrogens is 312 g/mol. The summed E-state index contributed by atoms with van der Waals surface area (Å²) < 4.78 is 10.3. The molecule has 1 rings (SSSR count). The first-order valence-corrected chi connectivity index (χ1v) is 9.12. The molecular formula is C18H32O6. The van der Waals surface area contributed by atoms with Crippen LogP contribution < -0.4 is 0 Å². The molecule has 1 saturated heterocycles. The van der Waals surface area contributed by atoms with Crippen LogP contribution in [-0.4, -0.2) is 47.1 Å². The first kappa shape index (κ1) is 20.9. The number of hydrogen-bond acceptors (Lipinski definition) is 6. The summed E-state index contributed by atoms with van der Waals surface area (Å²) >= 11 is 0. The number of aliphatic hydroxyl groups is 2. The van der Waals surface area contributed by atoms with E-state index in [1.54, 1.807) is 0 Å². The quantitative estimate of drug-likeness (QED) is 0.589. The topological polar surface area (TPSA) is 93.1 Å². The van der Waals surface area contributed by atoms with Crippen molar-refractivity contribution in [3.8, 4) is 0 Å². The van der Waals surface area contributed by atoms with E-state index in [2.05, 4.69) is 0 Å². The second-order valence-electron chi connectivity index (χ2n) is 6.60. The fourth-order valence-corrected chi connectivity index (χ4v) is 3.34. The van der Waals surface area contributed by atoms with Gasteiger partial charge in [-0.25, -0.2) is 0 Å². The van der Waals surface area contributed by atoms with Gasteiger partial charge in [-0.05, 0) is 18.8 Å². The van der Waals surface area contributed by atoms with E-state index in [1.807, 2.05) is 27.7 Å². The largest absolute Gasteiger partial charge is 0.463 e. The molecule has 24 heavy (non-hydrogen) atoms. The van der Waals surface area contributed by atoms with Gasteiger partial charge in [0.05, 0.1) is 11.8 Å². The number of hydrogen-bond donors (Lipinski definition) is 2. The Labute approximate surface area is 144 Å². The lowest BCUT2D eigenvalue weighted by atomic mass is 9.84. The smallest absolute Gasteiger partial charge is 0.309 e. The molecule has 140 valence electrons. The molecule has 0 aliphatic carbocycles. The van der Waals surface area contributed by atoms with Gasteiger partial charge < -0.3 is 19.7 Å². The van der Waals surface area contributed by atoms with Crippen molar-refractivity contribution < 1.29 is 29.3 Å². The van der Waals surface area contributed by atoms with Crippen LogP contribution in [0.2, 0.25) is 0 Å². The molecule has 0 aromatic rings. The van der Waals surface area contributed by atoms with Crippen LogP contribution in [0, 0.1) is 17.8 Å². The average molecular weight is 344 g/mol. The van der Waals surface area contributed by atoms with E-state index in [9.17, 15) is 19.8 Å². The number of ether oxygens (including phenoxy) is 2. The molecule has 4 unspecified atom stereocenters. The standard InChI is InChI=1S/C18H32O6/c1-5-11(6-2)13-9-15(24-18(13)22)16(20)14(19)10-23-17(21)12(7-3)8-4/h11-16,19-20H,5-10H2,1-4H3. The van der Waals surface area contributed by atoms with E-state index in [0.717, 1.165) is 12.8 Å². The monoisotopic (exact) mass is 344 g/mol. The minimum atomic E-state index is -1.26. The lowest BCUT2D eigenvalue weighted by molar-refractivity contribution is -0.161. The third-order valence-electron chi connectivity index (χ3n) is 5.16. The summed E-state index contributed by atoms with van der Waals surface area (Å²) in [5, 5.41) is 20.3. The Bertz CT molecular complexity index is 402. The van der Waals surface area contributed by atoms with Crippen molar-refractivity contribution in [1.82, 2.24) is 0 Å². The molecule has 0 aromatic heterocycles. The van der Waals surface area contributed by atoms with Crippen LogP contribution in [0.15, 0.2) is 0 Å². The fraction of sp³-hybridized carbons (Fsp3) is 0.889. The van der Waals surface area contributed by atoms with Gasteiger partial charge in [0.1, 0.15) is 24.9 Å². The van der Waals surface area contributed by atoms with Crippen molar-refractivity contribution in [2.45, 2.75) is 78.1 Å². The number of aliphatic hydroxyl groups excluding tert-OH is 2. The zero-order valence-electron chi connectivity index (χ0n) is 15.2. The molecule has 0 amide bonds. The molecule has 2 N–H and O–H groups in total. The average Bonchev–Trinajstić information content (AvgIpc) is 2.96. The summed E-state index contributed by atoms with van der Waals surface area (Å²) in [6, 6.07) is 0. The van der Waals surface area contributed by atoms with Crippen molar-refractivity contribution in [3.05, 3.63) is 0 Å². The maximum absolute atomic E-state index is 12.0. The molecule has 0 radical (unpaired) electrons. The van der Waals surface area contributed by atoms with Crippen molar-refractivity contribution in [3.63, 3.8) is 0 Å². The van der Waals surface area contributed by atoms with Gasteiger partial charge in [-0.3, -0.25) is 9.59 Å². The predicted octanol–water partition coefficient (Wildman–Crippen LogP) is 2.06. The van der Waals surface area contributed by atoms with E-state index >= 15 is 0 Å². The molecule has 0 saturated carbocycles. The Balaban J connectivity index is 2.53. The maximum Gasteiger partial charge on any atom is 0.309 e. The first-order chi connectivity index (χ1) is 11.4. The van der Waals surface area contributed by atoms with Crippen LogP contribution in [-0.2, 0) is 19.1 Å². The Morgan fingerprint density at radius 1 is 1.17 bits per heavy atom. The van der Waals surface area contributed by atoms with Gasteiger partial charge in [-0.1, -0.05) is 40.5 Å². The third kappa shape index (κ3) is 5.18. The molecule has 1 aliphatic heterocycles. The summed E-state index contributed by atoms with van der Waals surface area (Å²) in [6.45, 7) is 7.56. The number of rotatable bonds is 10. The highest BCUT2D eigenvalue weighted by Gasteiger charge is 2.43. The number of cyclic esters (lactones) is 1. The van der Waals surface area contributed by atoms with Gasteiger partial charge in [0.25, 0.3) is 0 Å². The molecule has 0 bridgehead atoms. The molecule has 4 atom stereocenters. The molecule has 1 heterocycles. The fourth-order valence-electron chi connectivity index (χ4n) is 3.34. The van der Waals surface area contributed by atoms with E-state index in [-0.39, 0.29) is 36.3 Å². The van der Waals surface area contributed by atoms with Gasteiger partial charge in [0.15, 0.2) is 0 Å². The Hall–Kier alpha value is -1.14. The van der Waals surface area contributed by atoms with Gasteiger partial charge in [0.2, 0.25) is 0 Å². The van der Waals surface area contributed by atoms with Crippen LogP contribution in [0.4, 0.5) is 0 Å². The molecule has 6 heteroatoms. The Morgan fingerprint density at radius 3 is 2.25 bits per heavy atom. The van der Waals surface area contributed by atoms with Crippen LogP contribution in [0.25, 0.3) is 0 Å². The second-order valence-corrected chi connectivity index (χ2v) is 6.60. The molecule has 6 nitrogen and oxygen atoms in total. The molecule has 1 fully saturated rings.